The number of carbonyl (C=O) groups excluding carboxylic acids is 1. The minimum absolute atomic E-state index is 0.381. The molecule has 0 bridgehead atoms. The second-order valence-electron chi connectivity index (χ2n) is 3.94. The van der Waals surface area contributed by atoms with Gasteiger partial charge in [0.1, 0.15) is 16.6 Å². The molecule has 0 radical (unpaired) electrons. The number of aromatic nitrogens is 2. The molecule has 0 aliphatic carbocycles. The van der Waals surface area contributed by atoms with Gasteiger partial charge in [0.2, 0.25) is 12.4 Å². The predicted octanol–water partition coefficient (Wildman–Crippen LogP) is 2.49. The van der Waals surface area contributed by atoms with Crippen LogP contribution in [0.15, 0.2) is 24.4 Å². The number of amides is 1. The first-order chi connectivity index (χ1) is 10.2. The summed E-state index contributed by atoms with van der Waals surface area (Å²) >= 11 is 5.92. The van der Waals surface area contributed by atoms with Crippen LogP contribution in [0.5, 0.6) is 5.75 Å². The molecule has 0 atom stereocenters. The highest BCUT2D eigenvalue weighted by atomic mass is 35.5. The van der Waals surface area contributed by atoms with Gasteiger partial charge in [-0.2, -0.15) is 4.98 Å². The Kier molecular flexibility index (Phi) is 4.78. The largest absolute Gasteiger partial charge is 0.495 e. The Morgan fingerprint density at radius 2 is 2.19 bits per heavy atom. The van der Waals surface area contributed by atoms with Crippen molar-refractivity contribution in [3.8, 4) is 5.75 Å². The van der Waals surface area contributed by atoms with E-state index in [0.717, 1.165) is 0 Å². The van der Waals surface area contributed by atoms with Gasteiger partial charge in [-0.05, 0) is 18.2 Å². The van der Waals surface area contributed by atoms with Gasteiger partial charge in [-0.1, -0.05) is 11.6 Å². The van der Waals surface area contributed by atoms with Crippen molar-refractivity contribution in [1.29, 1.82) is 0 Å². The maximum absolute atomic E-state index is 10.6. The van der Waals surface area contributed by atoms with Crippen LogP contribution in [-0.4, -0.2) is 30.5 Å². The second-order valence-corrected chi connectivity index (χ2v) is 4.35. The van der Waals surface area contributed by atoms with Crippen LogP contribution in [0, 0.1) is 0 Å². The number of nitrogens with zero attached hydrogens (tertiary/aromatic N) is 2. The molecule has 1 aromatic heterocycles. The van der Waals surface area contributed by atoms with E-state index in [0.29, 0.717) is 40.3 Å². The first-order valence-electron chi connectivity index (χ1n) is 6.03. The van der Waals surface area contributed by atoms with Crippen molar-refractivity contribution in [2.75, 3.05) is 30.1 Å². The molecule has 2 aromatic rings. The molecule has 1 aromatic carbocycles. The Labute approximate surface area is 126 Å². The summed E-state index contributed by atoms with van der Waals surface area (Å²) < 4.78 is 5.15. The molecule has 3 N–H and O–H groups in total. The van der Waals surface area contributed by atoms with Gasteiger partial charge in [0.15, 0.2) is 0 Å². The van der Waals surface area contributed by atoms with E-state index in [2.05, 4.69) is 25.9 Å². The molecule has 21 heavy (non-hydrogen) atoms. The number of methoxy groups -OCH3 is 1. The van der Waals surface area contributed by atoms with Crippen molar-refractivity contribution in [3.05, 3.63) is 29.4 Å². The van der Waals surface area contributed by atoms with Gasteiger partial charge in [0.25, 0.3) is 0 Å². The summed E-state index contributed by atoms with van der Waals surface area (Å²) in [6.45, 7) is 0. The van der Waals surface area contributed by atoms with Crippen LogP contribution in [0.2, 0.25) is 5.02 Å². The lowest BCUT2D eigenvalue weighted by Gasteiger charge is -2.11. The molecule has 7 nitrogen and oxygen atoms in total. The summed E-state index contributed by atoms with van der Waals surface area (Å²) in [5.41, 5.74) is 1.24. The van der Waals surface area contributed by atoms with E-state index >= 15 is 0 Å². The molecule has 0 unspecified atom stereocenters. The molecule has 2 rings (SSSR count). The van der Waals surface area contributed by atoms with Gasteiger partial charge >= 0.3 is 0 Å². The molecule has 0 fully saturated rings. The SMILES string of the molecule is CNc1nc(Nc2ccc(OC)c(NC=O)c2)ncc1Cl. The third-order valence-electron chi connectivity index (χ3n) is 2.65. The number of anilines is 4. The average molecular weight is 308 g/mol. The average Bonchev–Trinajstić information content (AvgIpc) is 2.50. The zero-order valence-electron chi connectivity index (χ0n) is 11.5. The summed E-state index contributed by atoms with van der Waals surface area (Å²) in [7, 11) is 3.25. The fourth-order valence-electron chi connectivity index (χ4n) is 1.69. The topological polar surface area (TPSA) is 88.2 Å². The van der Waals surface area contributed by atoms with Gasteiger partial charge in [0.05, 0.1) is 19.0 Å². The lowest BCUT2D eigenvalue weighted by molar-refractivity contribution is -0.105. The smallest absolute Gasteiger partial charge is 0.229 e. The third kappa shape index (κ3) is 3.51. The molecule has 1 heterocycles. The van der Waals surface area contributed by atoms with Gasteiger partial charge in [0, 0.05) is 12.7 Å². The molecule has 1 amide bonds. The molecule has 0 aliphatic rings. The molecular formula is C13H14ClN5O2. The highest BCUT2D eigenvalue weighted by Crippen LogP contribution is 2.29. The van der Waals surface area contributed by atoms with E-state index in [1.807, 2.05) is 0 Å². The van der Waals surface area contributed by atoms with Crippen LogP contribution in [0.4, 0.5) is 23.1 Å². The number of hydrogen-bond donors (Lipinski definition) is 3. The Morgan fingerprint density at radius 1 is 1.38 bits per heavy atom. The summed E-state index contributed by atoms with van der Waals surface area (Å²) in [6, 6.07) is 5.22. The van der Waals surface area contributed by atoms with Gasteiger partial charge in [-0.25, -0.2) is 4.98 Å². The van der Waals surface area contributed by atoms with Gasteiger partial charge < -0.3 is 20.7 Å². The molecule has 0 aliphatic heterocycles. The number of ether oxygens (including phenoxy) is 1. The minimum atomic E-state index is 0.381. The zero-order chi connectivity index (χ0) is 15.2. The third-order valence-corrected chi connectivity index (χ3v) is 2.93. The molecule has 110 valence electrons. The lowest BCUT2D eigenvalue weighted by atomic mass is 10.2. The molecular weight excluding hydrogens is 294 g/mol. The van der Waals surface area contributed by atoms with E-state index in [9.17, 15) is 4.79 Å². The van der Waals surface area contributed by atoms with Crippen LogP contribution in [-0.2, 0) is 4.79 Å². The maximum Gasteiger partial charge on any atom is 0.229 e. The Morgan fingerprint density at radius 3 is 2.86 bits per heavy atom. The number of nitrogens with one attached hydrogen (secondary N) is 3. The standard InChI is InChI=1S/C13H14ClN5O2/c1-15-12-9(14)6-16-13(19-12)18-8-3-4-11(21-2)10(5-8)17-7-20/h3-7H,1-2H3,(H,17,20)(H2,15,16,18,19). The van der Waals surface area contributed by atoms with E-state index in [4.69, 9.17) is 16.3 Å². The predicted molar refractivity (Wildman–Crippen MR) is 82.6 cm³/mol. The van der Waals surface area contributed by atoms with Gasteiger partial charge in [-0.3, -0.25) is 4.79 Å². The minimum Gasteiger partial charge on any atom is -0.495 e. The Bertz CT molecular complexity index is 650. The van der Waals surface area contributed by atoms with E-state index < -0.39 is 0 Å². The maximum atomic E-state index is 10.6. The number of halogens is 1. The Hall–Kier alpha value is -2.54. The summed E-state index contributed by atoms with van der Waals surface area (Å²) in [5.74, 6) is 1.46. The highest BCUT2D eigenvalue weighted by Gasteiger charge is 2.07. The quantitative estimate of drug-likeness (QED) is 0.711. The van der Waals surface area contributed by atoms with Crippen molar-refractivity contribution in [2.24, 2.45) is 0 Å². The number of carbonyl (C=O) groups is 1. The van der Waals surface area contributed by atoms with Crippen LogP contribution in [0.25, 0.3) is 0 Å². The molecule has 0 saturated heterocycles. The van der Waals surface area contributed by atoms with Crippen molar-refractivity contribution in [2.45, 2.75) is 0 Å². The Balaban J connectivity index is 2.26. The van der Waals surface area contributed by atoms with Crippen LogP contribution < -0.4 is 20.7 Å². The van der Waals surface area contributed by atoms with Crippen LogP contribution >= 0.6 is 11.6 Å². The number of hydrogen-bond acceptors (Lipinski definition) is 6. The normalized spacial score (nSPS) is 9.86. The van der Waals surface area contributed by atoms with E-state index in [1.54, 1.807) is 25.2 Å². The van der Waals surface area contributed by atoms with Gasteiger partial charge in [-0.15, -0.1) is 0 Å². The highest BCUT2D eigenvalue weighted by molar-refractivity contribution is 6.32. The van der Waals surface area contributed by atoms with Crippen LogP contribution in [0.3, 0.4) is 0 Å². The zero-order valence-corrected chi connectivity index (χ0v) is 12.2. The first kappa shape index (κ1) is 14.9. The summed E-state index contributed by atoms with van der Waals surface area (Å²) in [5, 5.41) is 8.89. The monoisotopic (exact) mass is 307 g/mol. The van der Waals surface area contributed by atoms with Crippen molar-refractivity contribution in [1.82, 2.24) is 9.97 Å². The lowest BCUT2D eigenvalue weighted by Crippen LogP contribution is -2.02. The van der Waals surface area contributed by atoms with E-state index in [1.165, 1.54) is 13.3 Å². The fraction of sp³-hybridized carbons (Fsp3) is 0.154. The molecule has 0 saturated carbocycles. The molecule has 8 heteroatoms. The molecule has 0 spiro atoms. The summed E-state index contributed by atoms with van der Waals surface area (Å²) in [4.78, 5) is 18.9. The van der Waals surface area contributed by atoms with Crippen molar-refractivity contribution >= 4 is 41.2 Å². The van der Waals surface area contributed by atoms with Crippen molar-refractivity contribution < 1.29 is 9.53 Å². The van der Waals surface area contributed by atoms with Crippen LogP contribution in [0.1, 0.15) is 0 Å². The summed E-state index contributed by atoms with van der Waals surface area (Å²) in [6.07, 6.45) is 2.08. The van der Waals surface area contributed by atoms with E-state index in [-0.39, 0.29) is 0 Å². The first-order valence-corrected chi connectivity index (χ1v) is 6.41. The van der Waals surface area contributed by atoms with Crippen molar-refractivity contribution in [3.63, 3.8) is 0 Å². The number of rotatable bonds is 6. The fourth-order valence-corrected chi connectivity index (χ4v) is 1.88. The second kappa shape index (κ2) is 6.76. The number of benzene rings is 1.